The summed E-state index contributed by atoms with van der Waals surface area (Å²) in [6.07, 6.45) is 3.53. The average Bonchev–Trinajstić information content (AvgIpc) is 2.91. The third-order valence-corrected chi connectivity index (χ3v) is 3.47. The molecule has 2 aromatic heterocycles. The summed E-state index contributed by atoms with van der Waals surface area (Å²) in [5, 5.41) is 5.40. The maximum Gasteiger partial charge on any atom is 0.153 e. The van der Waals surface area contributed by atoms with Gasteiger partial charge in [-0.1, -0.05) is 6.07 Å². The lowest BCUT2D eigenvalue weighted by molar-refractivity contribution is 0.197. The van der Waals surface area contributed by atoms with Gasteiger partial charge in [-0.2, -0.15) is 5.10 Å². The molecule has 21 heavy (non-hydrogen) atoms. The number of hydrogen-bond acceptors (Lipinski definition) is 4. The van der Waals surface area contributed by atoms with Crippen LogP contribution in [0.25, 0.3) is 16.7 Å². The zero-order valence-electron chi connectivity index (χ0n) is 12.1. The quantitative estimate of drug-likeness (QED) is 0.798. The first kappa shape index (κ1) is 13.6. The highest BCUT2D eigenvalue weighted by molar-refractivity contribution is 5.81. The fourth-order valence-corrected chi connectivity index (χ4v) is 2.07. The first-order valence-electron chi connectivity index (χ1n) is 6.96. The summed E-state index contributed by atoms with van der Waals surface area (Å²) >= 11 is 0. The molecule has 0 saturated heterocycles. The van der Waals surface area contributed by atoms with Gasteiger partial charge in [0.25, 0.3) is 0 Å². The Balaban J connectivity index is 1.95. The van der Waals surface area contributed by atoms with Crippen LogP contribution in [0.4, 0.5) is 0 Å². The smallest absolute Gasteiger partial charge is 0.153 e. The van der Waals surface area contributed by atoms with Crippen LogP contribution in [0.3, 0.4) is 0 Å². The van der Waals surface area contributed by atoms with Crippen molar-refractivity contribution in [1.29, 1.82) is 0 Å². The number of benzene rings is 1. The summed E-state index contributed by atoms with van der Waals surface area (Å²) in [4.78, 5) is 4.32. The number of nitrogens with two attached hydrogens (primary N) is 1. The van der Waals surface area contributed by atoms with Crippen LogP contribution in [0.15, 0.2) is 48.8 Å². The van der Waals surface area contributed by atoms with Gasteiger partial charge >= 0.3 is 0 Å². The summed E-state index contributed by atoms with van der Waals surface area (Å²) in [7, 11) is 0. The SMILES string of the molecule is C[C@H](N)[C@@H](C)Oc1ccc2c(cnn2-c2ccccn2)c1. The van der Waals surface area contributed by atoms with Crippen molar-refractivity contribution in [2.45, 2.75) is 26.0 Å². The first-order chi connectivity index (χ1) is 10.1. The Morgan fingerprint density at radius 1 is 1.19 bits per heavy atom. The molecule has 0 amide bonds. The maximum absolute atomic E-state index is 5.83. The fourth-order valence-electron chi connectivity index (χ4n) is 2.07. The second kappa shape index (κ2) is 5.54. The molecule has 0 radical (unpaired) electrons. The third-order valence-electron chi connectivity index (χ3n) is 3.47. The van der Waals surface area contributed by atoms with E-state index >= 15 is 0 Å². The normalized spacial score (nSPS) is 14.0. The van der Waals surface area contributed by atoms with Crippen LogP contribution in [0, 0.1) is 0 Å². The molecule has 108 valence electrons. The molecule has 5 nitrogen and oxygen atoms in total. The minimum absolute atomic E-state index is 0.0167. The van der Waals surface area contributed by atoms with Crippen molar-refractivity contribution >= 4 is 10.9 Å². The second-order valence-electron chi connectivity index (χ2n) is 5.15. The summed E-state index contributed by atoms with van der Waals surface area (Å²) in [6.45, 7) is 3.90. The zero-order valence-corrected chi connectivity index (χ0v) is 12.1. The summed E-state index contributed by atoms with van der Waals surface area (Å²) in [6, 6.07) is 11.6. The van der Waals surface area contributed by atoms with Gasteiger partial charge in [0.1, 0.15) is 11.9 Å². The van der Waals surface area contributed by atoms with Gasteiger partial charge in [0.05, 0.1) is 11.7 Å². The van der Waals surface area contributed by atoms with E-state index in [0.29, 0.717) is 0 Å². The van der Waals surface area contributed by atoms with Gasteiger partial charge in [0.2, 0.25) is 0 Å². The average molecular weight is 282 g/mol. The van der Waals surface area contributed by atoms with E-state index in [1.807, 2.05) is 61.1 Å². The van der Waals surface area contributed by atoms with Crippen molar-refractivity contribution < 1.29 is 4.74 Å². The largest absolute Gasteiger partial charge is 0.489 e. The van der Waals surface area contributed by atoms with Crippen LogP contribution in [-0.4, -0.2) is 26.9 Å². The minimum Gasteiger partial charge on any atom is -0.489 e. The number of nitrogens with zero attached hydrogens (tertiary/aromatic N) is 3. The van der Waals surface area contributed by atoms with Crippen LogP contribution < -0.4 is 10.5 Å². The van der Waals surface area contributed by atoms with E-state index in [4.69, 9.17) is 10.5 Å². The van der Waals surface area contributed by atoms with Crippen molar-refractivity contribution in [1.82, 2.24) is 14.8 Å². The lowest BCUT2D eigenvalue weighted by Gasteiger charge is -2.17. The van der Waals surface area contributed by atoms with E-state index in [0.717, 1.165) is 22.5 Å². The van der Waals surface area contributed by atoms with Gasteiger partial charge in [-0.3, -0.25) is 0 Å². The van der Waals surface area contributed by atoms with Gasteiger partial charge in [0.15, 0.2) is 5.82 Å². The molecule has 2 heterocycles. The molecule has 0 unspecified atom stereocenters. The Morgan fingerprint density at radius 3 is 2.76 bits per heavy atom. The molecular weight excluding hydrogens is 264 g/mol. The molecule has 0 saturated carbocycles. The molecule has 3 aromatic rings. The molecule has 0 spiro atoms. The topological polar surface area (TPSA) is 66.0 Å². The van der Waals surface area contributed by atoms with Crippen molar-refractivity contribution in [2.24, 2.45) is 5.73 Å². The maximum atomic E-state index is 5.83. The molecule has 3 rings (SSSR count). The molecule has 2 atom stereocenters. The van der Waals surface area contributed by atoms with Crippen LogP contribution in [-0.2, 0) is 0 Å². The van der Waals surface area contributed by atoms with Crippen LogP contribution in [0.1, 0.15) is 13.8 Å². The van der Waals surface area contributed by atoms with Crippen molar-refractivity contribution in [2.75, 3.05) is 0 Å². The lowest BCUT2D eigenvalue weighted by atomic mass is 10.2. The van der Waals surface area contributed by atoms with Crippen LogP contribution in [0.5, 0.6) is 5.75 Å². The number of fused-ring (bicyclic) bond motifs is 1. The van der Waals surface area contributed by atoms with Crippen molar-refractivity contribution in [3.8, 4) is 11.6 Å². The number of rotatable bonds is 4. The van der Waals surface area contributed by atoms with Gasteiger partial charge < -0.3 is 10.5 Å². The van der Waals surface area contributed by atoms with Gasteiger partial charge in [0, 0.05) is 17.6 Å². The third kappa shape index (κ3) is 2.73. The molecule has 0 fully saturated rings. The summed E-state index contributed by atoms with van der Waals surface area (Å²) in [5.74, 6) is 1.60. The Kier molecular flexibility index (Phi) is 3.58. The number of pyridine rings is 1. The molecule has 5 heteroatoms. The molecule has 1 aromatic carbocycles. The minimum atomic E-state index is -0.0340. The fraction of sp³-hybridized carbons (Fsp3) is 0.250. The van der Waals surface area contributed by atoms with E-state index < -0.39 is 0 Å². The van der Waals surface area contributed by atoms with E-state index in [1.165, 1.54) is 0 Å². The number of hydrogen-bond donors (Lipinski definition) is 1. The highest BCUT2D eigenvalue weighted by Gasteiger charge is 2.11. The van der Waals surface area contributed by atoms with Crippen molar-refractivity contribution in [3.05, 3.63) is 48.8 Å². The molecule has 0 bridgehead atoms. The molecular formula is C16H18N4O. The van der Waals surface area contributed by atoms with Crippen LogP contribution in [0.2, 0.25) is 0 Å². The standard InChI is InChI=1S/C16H18N4O/c1-11(17)12(2)21-14-6-7-15-13(9-14)10-19-20(15)16-5-3-4-8-18-16/h3-12H,17H2,1-2H3/t11-,12+/m0/s1. The van der Waals surface area contributed by atoms with E-state index in [-0.39, 0.29) is 12.1 Å². The zero-order chi connectivity index (χ0) is 14.8. The number of ether oxygens (including phenoxy) is 1. The lowest BCUT2D eigenvalue weighted by Crippen LogP contribution is -2.33. The Bertz CT molecular complexity index is 736. The van der Waals surface area contributed by atoms with E-state index in [9.17, 15) is 0 Å². The molecule has 0 aliphatic rings. The molecule has 0 aliphatic carbocycles. The van der Waals surface area contributed by atoms with E-state index in [1.54, 1.807) is 6.20 Å². The highest BCUT2D eigenvalue weighted by Crippen LogP contribution is 2.23. The summed E-state index contributed by atoms with van der Waals surface area (Å²) in [5.41, 5.74) is 6.82. The van der Waals surface area contributed by atoms with E-state index in [2.05, 4.69) is 10.1 Å². The molecule has 0 aliphatic heterocycles. The molecule has 2 N–H and O–H groups in total. The Morgan fingerprint density at radius 2 is 2.05 bits per heavy atom. The Labute approximate surface area is 123 Å². The van der Waals surface area contributed by atoms with Crippen LogP contribution >= 0.6 is 0 Å². The number of aromatic nitrogens is 3. The first-order valence-corrected chi connectivity index (χ1v) is 6.96. The predicted octanol–water partition coefficient (Wildman–Crippen LogP) is 2.54. The second-order valence-corrected chi connectivity index (χ2v) is 5.15. The highest BCUT2D eigenvalue weighted by atomic mass is 16.5. The predicted molar refractivity (Wildman–Crippen MR) is 82.6 cm³/mol. The monoisotopic (exact) mass is 282 g/mol. The van der Waals surface area contributed by atoms with Gasteiger partial charge in [-0.15, -0.1) is 0 Å². The summed E-state index contributed by atoms with van der Waals surface area (Å²) < 4.78 is 7.63. The van der Waals surface area contributed by atoms with Gasteiger partial charge in [-0.25, -0.2) is 9.67 Å². The van der Waals surface area contributed by atoms with Crippen molar-refractivity contribution in [3.63, 3.8) is 0 Å². The Hall–Kier alpha value is -2.40. The van der Waals surface area contributed by atoms with Gasteiger partial charge in [-0.05, 0) is 44.2 Å².